The van der Waals surface area contributed by atoms with E-state index in [-0.39, 0.29) is 12.2 Å². The molecule has 0 aliphatic carbocycles. The molecule has 0 amide bonds. The van der Waals surface area contributed by atoms with Gasteiger partial charge in [-0.05, 0) is 30.5 Å². The summed E-state index contributed by atoms with van der Waals surface area (Å²) in [7, 11) is 1.47. The highest BCUT2D eigenvalue weighted by molar-refractivity contribution is 5.88. The van der Waals surface area contributed by atoms with Gasteiger partial charge in [0, 0.05) is 7.11 Å². The molecule has 1 atom stereocenters. The summed E-state index contributed by atoms with van der Waals surface area (Å²) < 4.78 is 9.49. The molecule has 1 rings (SSSR count). The molecule has 1 aromatic carbocycles. The molecule has 0 heterocycles. The summed E-state index contributed by atoms with van der Waals surface area (Å²) in [6, 6.07) is 6.81. The van der Waals surface area contributed by atoms with Gasteiger partial charge in [-0.2, -0.15) is 0 Å². The Labute approximate surface area is 128 Å². The molecule has 0 fully saturated rings. The third-order valence-corrected chi connectivity index (χ3v) is 2.72. The number of benzene rings is 1. The summed E-state index contributed by atoms with van der Waals surface area (Å²) in [5.41, 5.74) is 1.36. The van der Waals surface area contributed by atoms with Crippen LogP contribution in [0, 0.1) is 0 Å². The second-order valence-electron chi connectivity index (χ2n) is 4.93. The van der Waals surface area contributed by atoms with Gasteiger partial charge >= 0.3 is 12.1 Å². The van der Waals surface area contributed by atoms with Gasteiger partial charge in [0.25, 0.3) is 0 Å². The van der Waals surface area contributed by atoms with E-state index in [1.165, 1.54) is 7.11 Å². The molecule has 0 saturated carbocycles. The molecule has 0 spiro atoms. The van der Waals surface area contributed by atoms with E-state index < -0.39 is 18.2 Å². The van der Waals surface area contributed by atoms with Crippen LogP contribution in [0.5, 0.6) is 0 Å². The quantitative estimate of drug-likeness (QED) is 0.435. The van der Waals surface area contributed by atoms with Crippen LogP contribution in [0.4, 0.5) is 4.79 Å². The first-order valence-electron chi connectivity index (χ1n) is 6.79. The molecule has 0 bridgehead atoms. The number of hydrogen-bond donors (Lipinski definition) is 0. The van der Waals surface area contributed by atoms with Gasteiger partial charge in [0.2, 0.25) is 0 Å². The van der Waals surface area contributed by atoms with Crippen molar-refractivity contribution in [3.63, 3.8) is 0 Å². The Morgan fingerprint density at radius 2 is 1.68 bits per heavy atom. The molecule has 1 aromatic rings. The lowest BCUT2D eigenvalue weighted by Gasteiger charge is -2.10. The van der Waals surface area contributed by atoms with E-state index in [4.69, 9.17) is 9.47 Å². The first kappa shape index (κ1) is 17.9. The highest BCUT2D eigenvalue weighted by atomic mass is 17.5. The maximum atomic E-state index is 11.6. The Balaban J connectivity index is 2.35. The number of ether oxygens (including phenoxy) is 2. The van der Waals surface area contributed by atoms with E-state index in [0.717, 1.165) is 5.56 Å². The van der Waals surface area contributed by atoms with Gasteiger partial charge in [0.05, 0.1) is 17.2 Å². The molecule has 0 saturated heterocycles. The summed E-state index contributed by atoms with van der Waals surface area (Å²) in [5.74, 6) is -0.429. The smallest absolute Gasteiger partial charge is 0.427 e. The molecule has 0 aliphatic heterocycles. The van der Waals surface area contributed by atoms with Crippen LogP contribution in [-0.4, -0.2) is 31.9 Å². The van der Waals surface area contributed by atoms with Gasteiger partial charge in [0.15, 0.2) is 0 Å². The lowest BCUT2D eigenvalue weighted by atomic mass is 10.0. The van der Waals surface area contributed by atoms with Crippen molar-refractivity contribution in [3.05, 3.63) is 35.4 Å². The normalized spacial score (nSPS) is 11.9. The average molecular weight is 312 g/mol. The van der Waals surface area contributed by atoms with Crippen LogP contribution in [0.2, 0.25) is 0 Å². The van der Waals surface area contributed by atoms with Crippen molar-refractivity contribution >= 4 is 12.1 Å². The summed E-state index contributed by atoms with van der Waals surface area (Å²) in [5, 5.41) is 4.10. The van der Waals surface area contributed by atoms with Crippen molar-refractivity contribution in [1.82, 2.24) is 0 Å². The van der Waals surface area contributed by atoms with Crippen LogP contribution in [-0.2, 0) is 24.3 Å². The molecule has 0 aromatic heterocycles. The second-order valence-corrected chi connectivity index (χ2v) is 4.93. The van der Waals surface area contributed by atoms with Crippen molar-refractivity contribution in [2.75, 3.05) is 13.7 Å². The Morgan fingerprint density at radius 1 is 1.05 bits per heavy atom. The minimum atomic E-state index is -1.13. The summed E-state index contributed by atoms with van der Waals surface area (Å²) in [4.78, 5) is 31.3. The lowest BCUT2D eigenvalue weighted by molar-refractivity contribution is -0.453. The predicted octanol–water partition coefficient (Wildman–Crippen LogP) is 3.00. The molecule has 122 valence electrons. The summed E-state index contributed by atoms with van der Waals surface area (Å²) in [6.07, 6.45) is -1.65. The number of rotatable bonds is 7. The maximum absolute atomic E-state index is 11.6. The molecule has 7 heteroatoms. The fraction of sp³-hybridized carbons (Fsp3) is 0.467. The van der Waals surface area contributed by atoms with Gasteiger partial charge in [-0.25, -0.2) is 14.5 Å². The Kier molecular flexibility index (Phi) is 7.34. The van der Waals surface area contributed by atoms with E-state index in [1.54, 1.807) is 19.1 Å². The monoisotopic (exact) mass is 312 g/mol. The van der Waals surface area contributed by atoms with Crippen molar-refractivity contribution in [3.8, 4) is 0 Å². The summed E-state index contributed by atoms with van der Waals surface area (Å²) >= 11 is 0. The number of methoxy groups -OCH3 is 1. The standard InChI is InChI=1S/C15H20O7/c1-10(2)12-5-7-13(8-6-12)14(16)20-22-21-15(17)19-11(3)9-18-4/h5-8,10-11H,9H2,1-4H3. The van der Waals surface area contributed by atoms with Crippen molar-refractivity contribution < 1.29 is 33.9 Å². The van der Waals surface area contributed by atoms with E-state index in [1.807, 2.05) is 26.0 Å². The molecule has 0 N–H and O–H groups in total. The molecular weight excluding hydrogens is 292 g/mol. The highest BCUT2D eigenvalue weighted by Crippen LogP contribution is 2.15. The van der Waals surface area contributed by atoms with Gasteiger partial charge in [-0.3, -0.25) is 4.89 Å². The van der Waals surface area contributed by atoms with Crippen LogP contribution in [0.3, 0.4) is 0 Å². The van der Waals surface area contributed by atoms with Crippen molar-refractivity contribution in [2.24, 2.45) is 0 Å². The van der Waals surface area contributed by atoms with Crippen LogP contribution in [0.15, 0.2) is 24.3 Å². The minimum Gasteiger partial charge on any atom is -0.427 e. The molecule has 7 nitrogen and oxygen atoms in total. The van der Waals surface area contributed by atoms with E-state index >= 15 is 0 Å². The van der Waals surface area contributed by atoms with Gasteiger partial charge in [-0.1, -0.05) is 26.0 Å². The third kappa shape index (κ3) is 6.11. The molecule has 22 heavy (non-hydrogen) atoms. The molecule has 0 radical (unpaired) electrons. The topological polar surface area (TPSA) is 80.3 Å². The second kappa shape index (κ2) is 9.01. The third-order valence-electron chi connectivity index (χ3n) is 2.72. The number of carbonyl (C=O) groups is 2. The molecule has 1 unspecified atom stereocenters. The fourth-order valence-corrected chi connectivity index (χ4v) is 1.58. The predicted molar refractivity (Wildman–Crippen MR) is 75.9 cm³/mol. The van der Waals surface area contributed by atoms with Crippen LogP contribution in [0.25, 0.3) is 0 Å². The summed E-state index contributed by atoms with van der Waals surface area (Å²) in [6.45, 7) is 5.89. The van der Waals surface area contributed by atoms with Gasteiger partial charge in [-0.15, -0.1) is 0 Å². The van der Waals surface area contributed by atoms with Crippen molar-refractivity contribution in [1.29, 1.82) is 0 Å². The minimum absolute atomic E-state index is 0.205. The number of carbonyl (C=O) groups excluding carboxylic acids is 2. The zero-order valence-corrected chi connectivity index (χ0v) is 13.0. The van der Waals surface area contributed by atoms with E-state index in [2.05, 4.69) is 14.8 Å². The lowest BCUT2D eigenvalue weighted by Crippen LogP contribution is -2.21. The number of hydrogen-bond acceptors (Lipinski definition) is 7. The van der Waals surface area contributed by atoms with Crippen LogP contribution < -0.4 is 0 Å². The highest BCUT2D eigenvalue weighted by Gasteiger charge is 2.15. The Hall–Kier alpha value is -2.12. The Bertz CT molecular complexity index is 481. The average Bonchev–Trinajstić information content (AvgIpc) is 2.47. The molecule has 0 aliphatic rings. The zero-order chi connectivity index (χ0) is 16.5. The van der Waals surface area contributed by atoms with E-state index in [0.29, 0.717) is 5.92 Å². The van der Waals surface area contributed by atoms with Gasteiger partial charge in [0.1, 0.15) is 6.10 Å². The Morgan fingerprint density at radius 3 is 2.23 bits per heavy atom. The van der Waals surface area contributed by atoms with Crippen molar-refractivity contribution in [2.45, 2.75) is 32.8 Å². The first-order valence-corrected chi connectivity index (χ1v) is 6.79. The first-order chi connectivity index (χ1) is 10.4. The fourth-order valence-electron chi connectivity index (χ4n) is 1.58. The van der Waals surface area contributed by atoms with Crippen LogP contribution >= 0.6 is 0 Å². The molecular formula is C15H20O7. The van der Waals surface area contributed by atoms with Crippen LogP contribution in [0.1, 0.15) is 42.6 Å². The van der Waals surface area contributed by atoms with E-state index in [9.17, 15) is 9.59 Å². The van der Waals surface area contributed by atoms with Gasteiger partial charge < -0.3 is 9.47 Å². The SMILES string of the molecule is COCC(C)OC(=O)OOOC(=O)c1ccc(C(C)C)cc1. The zero-order valence-electron chi connectivity index (χ0n) is 13.0. The largest absolute Gasteiger partial charge is 0.543 e. The maximum Gasteiger partial charge on any atom is 0.543 e.